The summed E-state index contributed by atoms with van der Waals surface area (Å²) in [5.74, 6) is 0.636. The Morgan fingerprint density at radius 1 is 1.10 bits per heavy atom. The van der Waals surface area contributed by atoms with E-state index in [0.717, 1.165) is 43.6 Å². The zero-order valence-electron chi connectivity index (χ0n) is 16.5. The lowest BCUT2D eigenvalue weighted by molar-refractivity contribution is 0.0940. The van der Waals surface area contributed by atoms with Crippen LogP contribution in [0.4, 0.5) is 0 Å². The van der Waals surface area contributed by atoms with E-state index in [2.05, 4.69) is 5.32 Å². The Kier molecular flexibility index (Phi) is 5.67. The van der Waals surface area contributed by atoms with Gasteiger partial charge in [0.25, 0.3) is 11.5 Å². The van der Waals surface area contributed by atoms with Crippen molar-refractivity contribution in [2.24, 2.45) is 0 Å². The van der Waals surface area contributed by atoms with Crippen LogP contribution in [-0.2, 0) is 13.0 Å². The van der Waals surface area contributed by atoms with Gasteiger partial charge in [0.1, 0.15) is 5.82 Å². The lowest BCUT2D eigenvalue weighted by Gasteiger charge is -2.17. The lowest BCUT2D eigenvalue weighted by atomic mass is 10.1. The molecule has 150 valence electrons. The number of fused-ring (bicyclic) bond motifs is 2. The van der Waals surface area contributed by atoms with Crippen molar-refractivity contribution >= 4 is 28.4 Å². The number of rotatable bonds is 3. The molecule has 1 aliphatic rings. The van der Waals surface area contributed by atoms with E-state index in [1.54, 1.807) is 30.3 Å². The first kappa shape index (κ1) is 19.6. The van der Waals surface area contributed by atoms with E-state index in [1.165, 1.54) is 6.42 Å². The minimum Gasteiger partial charge on any atom is -0.346 e. The number of halogens is 1. The quantitative estimate of drug-likeness (QED) is 0.684. The van der Waals surface area contributed by atoms with Gasteiger partial charge in [0, 0.05) is 23.6 Å². The number of aromatic nitrogens is 2. The van der Waals surface area contributed by atoms with Crippen molar-refractivity contribution in [2.45, 2.75) is 51.6 Å². The van der Waals surface area contributed by atoms with E-state index >= 15 is 0 Å². The smallest absolute Gasteiger partial charge is 0.261 e. The third-order valence-electron chi connectivity index (χ3n) is 5.55. The molecule has 2 aromatic carbocycles. The van der Waals surface area contributed by atoms with Crippen LogP contribution < -0.4 is 10.9 Å². The van der Waals surface area contributed by atoms with Crippen molar-refractivity contribution in [1.29, 1.82) is 0 Å². The van der Waals surface area contributed by atoms with E-state index in [1.807, 2.05) is 23.6 Å². The van der Waals surface area contributed by atoms with Crippen molar-refractivity contribution in [3.8, 4) is 0 Å². The van der Waals surface area contributed by atoms with Crippen molar-refractivity contribution in [2.75, 3.05) is 0 Å². The van der Waals surface area contributed by atoms with Crippen LogP contribution in [-0.4, -0.2) is 15.5 Å². The molecule has 1 atom stereocenters. The maximum Gasteiger partial charge on any atom is 0.261 e. The summed E-state index contributed by atoms with van der Waals surface area (Å²) in [5, 5.41) is 4.23. The van der Waals surface area contributed by atoms with Crippen molar-refractivity contribution in [3.63, 3.8) is 0 Å². The van der Waals surface area contributed by atoms with Gasteiger partial charge in [0.05, 0.1) is 16.9 Å². The number of hydrogen-bond donors (Lipinski definition) is 1. The Morgan fingerprint density at radius 2 is 1.86 bits per heavy atom. The first-order valence-corrected chi connectivity index (χ1v) is 10.5. The molecule has 2 heterocycles. The minimum absolute atomic E-state index is 0.00612. The predicted molar refractivity (Wildman–Crippen MR) is 116 cm³/mol. The molecule has 5 nitrogen and oxygen atoms in total. The zero-order chi connectivity index (χ0) is 20.4. The van der Waals surface area contributed by atoms with Crippen LogP contribution in [0.3, 0.4) is 0 Å². The molecule has 0 aliphatic carbocycles. The number of carbonyl (C=O) groups is 1. The Morgan fingerprint density at radius 3 is 2.66 bits per heavy atom. The SMILES string of the molecule is CC(NC(=O)c1ccc2c(=O)n3c(nc2c1)CCCCCC3)c1ccc(Cl)cc1. The van der Waals surface area contributed by atoms with Crippen LogP contribution in [0.1, 0.15) is 60.4 Å². The predicted octanol–water partition coefficient (Wildman–Crippen LogP) is 4.66. The van der Waals surface area contributed by atoms with Gasteiger partial charge in [-0.2, -0.15) is 0 Å². The first-order valence-electron chi connectivity index (χ1n) is 10.1. The van der Waals surface area contributed by atoms with Crippen LogP contribution in [0.2, 0.25) is 5.02 Å². The summed E-state index contributed by atoms with van der Waals surface area (Å²) >= 11 is 5.93. The molecule has 6 heteroatoms. The molecule has 0 spiro atoms. The Balaban J connectivity index is 1.62. The summed E-state index contributed by atoms with van der Waals surface area (Å²) in [6.07, 6.45) is 5.16. The summed E-state index contributed by atoms with van der Waals surface area (Å²) in [6.45, 7) is 2.65. The average Bonchev–Trinajstić information content (AvgIpc) is 2.69. The summed E-state index contributed by atoms with van der Waals surface area (Å²) < 4.78 is 1.81. The molecule has 0 fully saturated rings. The molecule has 1 aliphatic heterocycles. The number of benzene rings is 2. The molecule has 1 amide bonds. The van der Waals surface area contributed by atoms with Gasteiger partial charge in [0.2, 0.25) is 0 Å². The van der Waals surface area contributed by atoms with Crippen molar-refractivity contribution < 1.29 is 4.79 Å². The molecule has 0 bridgehead atoms. The van der Waals surface area contributed by atoms with Crippen LogP contribution in [0.25, 0.3) is 10.9 Å². The van der Waals surface area contributed by atoms with Gasteiger partial charge < -0.3 is 5.32 Å². The third-order valence-corrected chi connectivity index (χ3v) is 5.80. The van der Waals surface area contributed by atoms with E-state index in [0.29, 0.717) is 21.5 Å². The van der Waals surface area contributed by atoms with Crippen LogP contribution in [0.5, 0.6) is 0 Å². The highest BCUT2D eigenvalue weighted by atomic mass is 35.5. The van der Waals surface area contributed by atoms with E-state index in [4.69, 9.17) is 16.6 Å². The van der Waals surface area contributed by atoms with Crippen molar-refractivity contribution in [3.05, 3.63) is 74.8 Å². The number of amides is 1. The van der Waals surface area contributed by atoms with Gasteiger partial charge in [-0.1, -0.05) is 36.6 Å². The molecule has 29 heavy (non-hydrogen) atoms. The Hall–Kier alpha value is -2.66. The maximum atomic E-state index is 12.9. The monoisotopic (exact) mass is 409 g/mol. The van der Waals surface area contributed by atoms with Crippen LogP contribution in [0.15, 0.2) is 47.3 Å². The third kappa shape index (κ3) is 4.20. The normalized spacial score (nSPS) is 15.2. The molecule has 1 N–H and O–H groups in total. The van der Waals surface area contributed by atoms with Gasteiger partial charge >= 0.3 is 0 Å². The van der Waals surface area contributed by atoms with Crippen LogP contribution in [0, 0.1) is 0 Å². The highest BCUT2D eigenvalue weighted by Crippen LogP contribution is 2.19. The summed E-state index contributed by atoms with van der Waals surface area (Å²) in [6, 6.07) is 12.4. The van der Waals surface area contributed by atoms with E-state index < -0.39 is 0 Å². The Bertz CT molecular complexity index is 1110. The second-order valence-electron chi connectivity index (χ2n) is 7.63. The number of hydrogen-bond acceptors (Lipinski definition) is 3. The summed E-state index contributed by atoms with van der Waals surface area (Å²) in [5.41, 5.74) is 2.06. The van der Waals surface area contributed by atoms with Gasteiger partial charge in [0.15, 0.2) is 0 Å². The highest BCUT2D eigenvalue weighted by molar-refractivity contribution is 6.30. The van der Waals surface area contributed by atoms with E-state index in [-0.39, 0.29) is 17.5 Å². The minimum atomic E-state index is -0.192. The molecule has 1 aromatic heterocycles. The Labute approximate surface area is 174 Å². The zero-order valence-corrected chi connectivity index (χ0v) is 17.2. The molecule has 1 unspecified atom stereocenters. The fourth-order valence-corrected chi connectivity index (χ4v) is 3.98. The maximum absolute atomic E-state index is 12.9. The van der Waals surface area contributed by atoms with E-state index in [9.17, 15) is 9.59 Å². The second-order valence-corrected chi connectivity index (χ2v) is 8.06. The largest absolute Gasteiger partial charge is 0.346 e. The number of nitrogens with one attached hydrogen (secondary N) is 1. The fraction of sp³-hybridized carbons (Fsp3) is 0.348. The number of nitrogens with zero attached hydrogens (tertiary/aromatic N) is 2. The fourth-order valence-electron chi connectivity index (χ4n) is 3.85. The van der Waals surface area contributed by atoms with Crippen LogP contribution >= 0.6 is 11.6 Å². The van der Waals surface area contributed by atoms with Gasteiger partial charge in [-0.3, -0.25) is 14.2 Å². The molecular formula is C23H24ClN3O2. The molecule has 3 aromatic rings. The molecule has 0 saturated heterocycles. The lowest BCUT2D eigenvalue weighted by Crippen LogP contribution is -2.28. The van der Waals surface area contributed by atoms with Gasteiger partial charge in [-0.05, 0) is 55.7 Å². The van der Waals surface area contributed by atoms with Gasteiger partial charge in [-0.25, -0.2) is 4.98 Å². The van der Waals surface area contributed by atoms with Crippen molar-refractivity contribution in [1.82, 2.24) is 14.9 Å². The summed E-state index contributed by atoms with van der Waals surface area (Å²) in [4.78, 5) is 30.4. The highest BCUT2D eigenvalue weighted by Gasteiger charge is 2.16. The average molecular weight is 410 g/mol. The number of carbonyl (C=O) groups excluding carboxylic acids is 1. The first-order chi connectivity index (χ1) is 14.0. The second kappa shape index (κ2) is 8.37. The number of aryl methyl sites for hydroxylation is 1. The standard InChI is InChI=1S/C23H24ClN3O2/c1-15(16-7-10-18(24)11-8-16)25-22(28)17-9-12-19-20(14-17)26-21-6-4-2-3-5-13-27(21)23(19)29/h7-12,14-15H,2-6,13H2,1H3,(H,25,28). The summed E-state index contributed by atoms with van der Waals surface area (Å²) in [7, 11) is 0. The molecule has 4 rings (SSSR count). The molecule has 0 saturated carbocycles. The topological polar surface area (TPSA) is 64.0 Å². The molecule has 0 radical (unpaired) electrons. The van der Waals surface area contributed by atoms with Gasteiger partial charge in [-0.15, -0.1) is 0 Å². The molecular weight excluding hydrogens is 386 g/mol.